The molecule has 0 bridgehead atoms. The summed E-state index contributed by atoms with van der Waals surface area (Å²) in [6, 6.07) is 14.4. The first-order valence-electron chi connectivity index (χ1n) is 9.40. The van der Waals surface area contributed by atoms with E-state index in [1.807, 2.05) is 24.3 Å². The van der Waals surface area contributed by atoms with Crippen LogP contribution in [0.15, 0.2) is 59.6 Å². The van der Waals surface area contributed by atoms with Gasteiger partial charge in [0.15, 0.2) is 18.3 Å². The smallest absolute Gasteiger partial charge is 0.330 e. The van der Waals surface area contributed by atoms with Crippen LogP contribution in [0.4, 0.5) is 5.69 Å². The van der Waals surface area contributed by atoms with Gasteiger partial charge >= 0.3 is 5.97 Å². The number of carbonyl (C=O) groups is 2. The second-order valence-electron chi connectivity index (χ2n) is 6.23. The van der Waals surface area contributed by atoms with Crippen LogP contribution in [0.25, 0.3) is 6.08 Å². The van der Waals surface area contributed by atoms with E-state index in [1.54, 1.807) is 37.3 Å². The molecule has 0 atom stereocenters. The second-order valence-corrected chi connectivity index (χ2v) is 6.23. The van der Waals surface area contributed by atoms with Crippen LogP contribution < -0.4 is 15.4 Å². The molecule has 0 unspecified atom stereocenters. The molecule has 0 aromatic heterocycles. The Balaban J connectivity index is 1.58. The van der Waals surface area contributed by atoms with E-state index in [9.17, 15) is 9.59 Å². The van der Waals surface area contributed by atoms with Crippen LogP contribution in [0.5, 0.6) is 5.75 Å². The minimum atomic E-state index is -0.417. The lowest BCUT2D eigenvalue weighted by Gasteiger charge is -2.10. The fraction of sp³-hybridized carbons (Fsp3) is 0.227. The minimum absolute atomic E-state index is 0.0896. The molecule has 0 radical (unpaired) electrons. The Kier molecular flexibility index (Phi) is 7.00. The molecule has 1 aliphatic heterocycles. The molecule has 0 spiro atoms. The number of carbonyl (C=O) groups excluding carboxylic acids is 2. The summed E-state index contributed by atoms with van der Waals surface area (Å²) in [6.07, 6.45) is 2.95. The quantitative estimate of drug-likeness (QED) is 0.407. The van der Waals surface area contributed by atoms with E-state index < -0.39 is 5.97 Å². The molecular formula is C22H23N3O4. The van der Waals surface area contributed by atoms with Crippen LogP contribution in [0.1, 0.15) is 22.8 Å². The Labute approximate surface area is 169 Å². The Morgan fingerprint density at radius 3 is 2.86 bits per heavy atom. The van der Waals surface area contributed by atoms with E-state index in [1.165, 1.54) is 6.08 Å². The Bertz CT molecular complexity index is 937. The maximum Gasteiger partial charge on any atom is 0.330 e. The Morgan fingerprint density at radius 1 is 1.21 bits per heavy atom. The number of nitrogens with zero attached hydrogens (tertiary/aromatic N) is 1. The second kappa shape index (κ2) is 10.1. The number of hydrogen-bond acceptors (Lipinski definition) is 7. The molecule has 1 aliphatic rings. The Hall–Kier alpha value is -3.61. The summed E-state index contributed by atoms with van der Waals surface area (Å²) in [7, 11) is 0. The van der Waals surface area contributed by atoms with Gasteiger partial charge in [0.2, 0.25) is 0 Å². The molecule has 0 saturated carbocycles. The third-order valence-electron chi connectivity index (χ3n) is 4.05. The first-order chi connectivity index (χ1) is 14.1. The highest BCUT2D eigenvalue weighted by molar-refractivity contribution is 5.98. The van der Waals surface area contributed by atoms with Crippen molar-refractivity contribution >= 4 is 29.5 Å². The zero-order chi connectivity index (χ0) is 20.5. The highest BCUT2D eigenvalue weighted by Crippen LogP contribution is 2.18. The number of esters is 1. The molecule has 7 nitrogen and oxygen atoms in total. The number of anilines is 1. The first kappa shape index (κ1) is 20.1. The molecule has 0 saturated heterocycles. The first-order valence-corrected chi connectivity index (χ1v) is 9.40. The number of nitrogens with one attached hydrogen (secondary N) is 2. The summed E-state index contributed by atoms with van der Waals surface area (Å²) in [6.45, 7) is 3.55. The van der Waals surface area contributed by atoms with E-state index >= 15 is 0 Å². The highest BCUT2D eigenvalue weighted by Gasteiger charge is 2.09. The largest absolute Gasteiger partial charge is 0.485 e. The molecule has 0 amide bonds. The molecule has 3 rings (SSSR count). The molecule has 1 heterocycles. The average Bonchev–Trinajstić information content (AvgIpc) is 3.24. The number of guanidine groups is 1. The molecule has 29 heavy (non-hydrogen) atoms. The lowest BCUT2D eigenvalue weighted by molar-refractivity contribution is -0.137. The van der Waals surface area contributed by atoms with Crippen molar-refractivity contribution in [1.29, 1.82) is 0 Å². The summed E-state index contributed by atoms with van der Waals surface area (Å²) in [5.74, 6) is 0.739. The van der Waals surface area contributed by atoms with Crippen molar-refractivity contribution in [3.05, 3.63) is 65.7 Å². The SMILES string of the molecule is CCOC(=O)C=Cc1cccc(C(=O)COc2cccc(NC3=NCCN3)c2)c1. The molecule has 0 aliphatic carbocycles. The molecule has 150 valence electrons. The summed E-state index contributed by atoms with van der Waals surface area (Å²) in [5.41, 5.74) is 2.07. The van der Waals surface area contributed by atoms with Crippen LogP contribution in [0.2, 0.25) is 0 Å². The van der Waals surface area contributed by atoms with Crippen molar-refractivity contribution in [3.63, 3.8) is 0 Å². The number of hydrogen-bond donors (Lipinski definition) is 2. The highest BCUT2D eigenvalue weighted by atomic mass is 16.5. The van der Waals surface area contributed by atoms with Crippen LogP contribution >= 0.6 is 0 Å². The summed E-state index contributed by atoms with van der Waals surface area (Å²) >= 11 is 0. The number of ketones is 1. The van der Waals surface area contributed by atoms with E-state index in [2.05, 4.69) is 15.6 Å². The van der Waals surface area contributed by atoms with Gasteiger partial charge in [0.1, 0.15) is 5.75 Å². The van der Waals surface area contributed by atoms with Crippen molar-refractivity contribution in [3.8, 4) is 5.75 Å². The molecular weight excluding hydrogens is 370 g/mol. The van der Waals surface area contributed by atoms with Gasteiger partial charge in [-0.05, 0) is 36.8 Å². The third kappa shape index (κ3) is 6.21. The lowest BCUT2D eigenvalue weighted by atomic mass is 10.1. The van der Waals surface area contributed by atoms with E-state index in [0.29, 0.717) is 17.9 Å². The van der Waals surface area contributed by atoms with E-state index in [0.717, 1.165) is 30.3 Å². The van der Waals surface area contributed by atoms with Crippen LogP contribution in [0.3, 0.4) is 0 Å². The van der Waals surface area contributed by atoms with Crippen molar-refractivity contribution in [2.24, 2.45) is 4.99 Å². The standard InChI is InChI=1S/C22H23N3O4/c1-2-28-21(27)10-9-16-5-3-6-17(13-16)20(26)15-29-19-8-4-7-18(14-19)25-22-23-11-12-24-22/h3-10,13-14H,2,11-12,15H2,1H3,(H2,23,24,25). The summed E-state index contributed by atoms with van der Waals surface area (Å²) in [5, 5.41) is 6.30. The number of ether oxygens (including phenoxy) is 2. The van der Waals surface area contributed by atoms with Crippen LogP contribution in [-0.4, -0.2) is 44.0 Å². The summed E-state index contributed by atoms with van der Waals surface area (Å²) in [4.78, 5) is 28.2. The molecule has 0 fully saturated rings. The zero-order valence-corrected chi connectivity index (χ0v) is 16.2. The number of aliphatic imine (C=N–C) groups is 1. The normalized spacial score (nSPS) is 12.9. The lowest BCUT2D eigenvalue weighted by Crippen LogP contribution is -2.26. The number of rotatable bonds is 8. The number of benzene rings is 2. The van der Waals surface area contributed by atoms with Crippen molar-refractivity contribution in [2.45, 2.75) is 6.92 Å². The van der Waals surface area contributed by atoms with Gasteiger partial charge in [-0.2, -0.15) is 0 Å². The molecule has 7 heteroatoms. The number of Topliss-reactive ketones (excluding diaryl/α,β-unsaturated/α-hetero) is 1. The topological polar surface area (TPSA) is 89.0 Å². The van der Waals surface area contributed by atoms with Gasteiger partial charge in [0.05, 0.1) is 13.2 Å². The minimum Gasteiger partial charge on any atom is -0.485 e. The van der Waals surface area contributed by atoms with Gasteiger partial charge in [0, 0.05) is 29.9 Å². The van der Waals surface area contributed by atoms with Crippen LogP contribution in [-0.2, 0) is 9.53 Å². The predicted octanol–water partition coefficient (Wildman–Crippen LogP) is 2.90. The fourth-order valence-corrected chi connectivity index (χ4v) is 2.68. The monoisotopic (exact) mass is 393 g/mol. The van der Waals surface area contributed by atoms with E-state index in [-0.39, 0.29) is 12.4 Å². The molecule has 2 aromatic rings. The maximum absolute atomic E-state index is 12.5. The van der Waals surface area contributed by atoms with Gasteiger partial charge in [0.25, 0.3) is 0 Å². The van der Waals surface area contributed by atoms with Gasteiger partial charge in [-0.1, -0.05) is 24.3 Å². The maximum atomic E-state index is 12.5. The van der Waals surface area contributed by atoms with Gasteiger partial charge in [-0.3, -0.25) is 9.79 Å². The van der Waals surface area contributed by atoms with Crippen molar-refractivity contribution < 1.29 is 19.1 Å². The van der Waals surface area contributed by atoms with Crippen molar-refractivity contribution in [1.82, 2.24) is 5.32 Å². The average molecular weight is 393 g/mol. The summed E-state index contributed by atoms with van der Waals surface area (Å²) < 4.78 is 10.5. The van der Waals surface area contributed by atoms with Gasteiger partial charge in [-0.25, -0.2) is 4.79 Å². The van der Waals surface area contributed by atoms with Crippen molar-refractivity contribution in [2.75, 3.05) is 31.6 Å². The van der Waals surface area contributed by atoms with Crippen LogP contribution in [0, 0.1) is 0 Å². The van der Waals surface area contributed by atoms with Gasteiger partial charge in [-0.15, -0.1) is 0 Å². The molecule has 2 N–H and O–H groups in total. The van der Waals surface area contributed by atoms with Gasteiger partial charge < -0.3 is 20.1 Å². The fourth-order valence-electron chi connectivity index (χ4n) is 2.68. The third-order valence-corrected chi connectivity index (χ3v) is 4.05. The molecule has 2 aromatic carbocycles. The van der Waals surface area contributed by atoms with E-state index in [4.69, 9.17) is 9.47 Å². The predicted molar refractivity (Wildman–Crippen MR) is 112 cm³/mol. The zero-order valence-electron chi connectivity index (χ0n) is 16.2. The Morgan fingerprint density at radius 2 is 2.07 bits per heavy atom.